The van der Waals surface area contributed by atoms with Gasteiger partial charge in [0.15, 0.2) is 16.6 Å². The number of aromatic nitrogens is 1. The molecule has 0 aliphatic rings. The summed E-state index contributed by atoms with van der Waals surface area (Å²) in [5.74, 6) is -0.600. The minimum atomic E-state index is -0.865. The Balaban J connectivity index is 1.73. The summed E-state index contributed by atoms with van der Waals surface area (Å²) in [6.45, 7) is 0. The Morgan fingerprint density at radius 2 is 1.74 bits per heavy atom. The highest BCUT2D eigenvalue weighted by Gasteiger charge is 2.14. The predicted octanol–water partition coefficient (Wildman–Crippen LogP) is 4.75. The summed E-state index contributed by atoms with van der Waals surface area (Å²) >= 11 is 1.17. The Morgan fingerprint density at radius 3 is 2.41 bits per heavy atom. The van der Waals surface area contributed by atoms with Crippen LogP contribution in [-0.4, -0.2) is 25.2 Å². The van der Waals surface area contributed by atoms with E-state index in [1.165, 1.54) is 24.5 Å². The number of amides is 2. The Hall–Kier alpha value is -3.20. The Labute approximate surface area is 157 Å². The van der Waals surface area contributed by atoms with Gasteiger partial charge in [0.05, 0.1) is 19.9 Å². The van der Waals surface area contributed by atoms with E-state index in [-0.39, 0.29) is 5.13 Å². The number of anilines is 2. The van der Waals surface area contributed by atoms with E-state index in [0.717, 1.165) is 17.7 Å². The molecule has 0 atom stereocenters. The first-order valence-electron chi connectivity index (χ1n) is 7.71. The molecule has 9 heteroatoms. The third kappa shape index (κ3) is 4.14. The molecule has 0 fully saturated rings. The molecular weight excluding hydrogens is 376 g/mol. The second-order valence-corrected chi connectivity index (χ2v) is 6.14. The topological polar surface area (TPSA) is 72.5 Å². The smallest absolute Gasteiger partial charge is 0.325 e. The van der Waals surface area contributed by atoms with Crippen molar-refractivity contribution in [1.29, 1.82) is 0 Å². The maximum absolute atomic E-state index is 13.6. The van der Waals surface area contributed by atoms with Crippen LogP contribution in [-0.2, 0) is 0 Å². The summed E-state index contributed by atoms with van der Waals surface area (Å²) in [5.41, 5.74) is 0.845. The predicted molar refractivity (Wildman–Crippen MR) is 99.7 cm³/mol. The molecule has 6 nitrogen and oxygen atoms in total. The standard InChI is InChI=1S/C18H15F2N3O3S/c1-25-14-7-6-10(8-15(14)26-2)13-9-27-18(21-13)23-17(24)22-16-11(19)4-3-5-12(16)20/h3-9H,1-2H3,(H2,21,22,23,24). The van der Waals surface area contributed by atoms with Crippen molar-refractivity contribution in [2.45, 2.75) is 0 Å². The van der Waals surface area contributed by atoms with Gasteiger partial charge in [-0.3, -0.25) is 5.32 Å². The van der Waals surface area contributed by atoms with Gasteiger partial charge in [0, 0.05) is 10.9 Å². The lowest BCUT2D eigenvalue weighted by atomic mass is 10.1. The molecule has 0 bridgehead atoms. The fraction of sp³-hybridized carbons (Fsp3) is 0.111. The number of nitrogens with zero attached hydrogens (tertiary/aromatic N) is 1. The number of hydrogen-bond acceptors (Lipinski definition) is 5. The number of rotatable bonds is 5. The number of hydrogen-bond donors (Lipinski definition) is 2. The van der Waals surface area contributed by atoms with Gasteiger partial charge in [-0.25, -0.2) is 18.6 Å². The third-order valence-electron chi connectivity index (χ3n) is 3.61. The summed E-state index contributed by atoms with van der Waals surface area (Å²) in [4.78, 5) is 16.3. The fourth-order valence-electron chi connectivity index (χ4n) is 2.32. The van der Waals surface area contributed by atoms with Gasteiger partial charge in [0.1, 0.15) is 17.3 Å². The van der Waals surface area contributed by atoms with Crippen LogP contribution in [0.25, 0.3) is 11.3 Å². The highest BCUT2D eigenvalue weighted by atomic mass is 32.1. The first kappa shape index (κ1) is 18.6. The van der Waals surface area contributed by atoms with E-state index in [2.05, 4.69) is 15.6 Å². The minimum absolute atomic E-state index is 0.272. The lowest BCUT2D eigenvalue weighted by Gasteiger charge is -2.08. The van der Waals surface area contributed by atoms with Crippen molar-refractivity contribution in [1.82, 2.24) is 4.98 Å². The lowest BCUT2D eigenvalue weighted by Crippen LogP contribution is -2.20. The molecule has 140 valence electrons. The number of halogens is 2. The van der Waals surface area contributed by atoms with Crippen LogP contribution in [0, 0.1) is 11.6 Å². The SMILES string of the molecule is COc1ccc(-c2csc(NC(=O)Nc3c(F)cccc3F)n2)cc1OC. The van der Waals surface area contributed by atoms with Gasteiger partial charge in [-0.15, -0.1) is 11.3 Å². The summed E-state index contributed by atoms with van der Waals surface area (Å²) in [6, 6.07) is 7.82. The highest BCUT2D eigenvalue weighted by molar-refractivity contribution is 7.14. The van der Waals surface area contributed by atoms with Gasteiger partial charge in [-0.2, -0.15) is 0 Å². The van der Waals surface area contributed by atoms with Crippen LogP contribution in [0.5, 0.6) is 11.5 Å². The number of urea groups is 1. The van der Waals surface area contributed by atoms with E-state index in [9.17, 15) is 13.6 Å². The number of nitrogens with one attached hydrogen (secondary N) is 2. The molecule has 0 saturated carbocycles. The Bertz CT molecular complexity index is 958. The van der Waals surface area contributed by atoms with Crippen molar-refractivity contribution < 1.29 is 23.0 Å². The number of benzene rings is 2. The molecule has 3 rings (SSSR count). The third-order valence-corrected chi connectivity index (χ3v) is 4.36. The van der Waals surface area contributed by atoms with Gasteiger partial charge in [0.25, 0.3) is 0 Å². The van der Waals surface area contributed by atoms with Gasteiger partial charge >= 0.3 is 6.03 Å². The molecule has 27 heavy (non-hydrogen) atoms. The highest BCUT2D eigenvalue weighted by Crippen LogP contribution is 2.33. The molecule has 0 aliphatic carbocycles. The Kier molecular flexibility index (Phi) is 5.51. The van der Waals surface area contributed by atoms with Crippen LogP contribution >= 0.6 is 11.3 Å². The average Bonchev–Trinajstić information content (AvgIpc) is 3.12. The zero-order valence-electron chi connectivity index (χ0n) is 14.4. The van der Waals surface area contributed by atoms with Crippen LogP contribution in [0.1, 0.15) is 0 Å². The van der Waals surface area contributed by atoms with Crippen molar-refractivity contribution in [3.63, 3.8) is 0 Å². The van der Waals surface area contributed by atoms with Gasteiger partial charge < -0.3 is 14.8 Å². The summed E-state index contributed by atoms with van der Waals surface area (Å²) < 4.78 is 37.6. The molecule has 3 aromatic rings. The van der Waals surface area contributed by atoms with Crippen LogP contribution in [0.15, 0.2) is 41.8 Å². The zero-order chi connectivity index (χ0) is 19.4. The molecular formula is C18H15F2N3O3S. The van der Waals surface area contributed by atoms with Gasteiger partial charge in [-0.1, -0.05) is 6.07 Å². The number of thiazole rings is 1. The first-order valence-corrected chi connectivity index (χ1v) is 8.59. The molecule has 0 unspecified atom stereocenters. The maximum Gasteiger partial charge on any atom is 0.325 e. The Morgan fingerprint density at radius 1 is 1.04 bits per heavy atom. The first-order chi connectivity index (χ1) is 13.0. The van der Waals surface area contributed by atoms with Crippen molar-refractivity contribution in [3.8, 4) is 22.8 Å². The second-order valence-electron chi connectivity index (χ2n) is 5.28. The van der Waals surface area contributed by atoms with Crippen molar-refractivity contribution in [2.24, 2.45) is 0 Å². The lowest BCUT2D eigenvalue weighted by molar-refractivity contribution is 0.262. The van der Waals surface area contributed by atoms with E-state index < -0.39 is 23.4 Å². The summed E-state index contributed by atoms with van der Waals surface area (Å²) in [7, 11) is 3.07. The van der Waals surface area contributed by atoms with E-state index in [0.29, 0.717) is 17.2 Å². The number of ether oxygens (including phenoxy) is 2. The molecule has 0 aliphatic heterocycles. The van der Waals surface area contributed by atoms with E-state index in [4.69, 9.17) is 9.47 Å². The van der Waals surface area contributed by atoms with E-state index in [1.807, 2.05) is 0 Å². The molecule has 0 radical (unpaired) electrons. The van der Waals surface area contributed by atoms with Crippen LogP contribution in [0.4, 0.5) is 24.4 Å². The van der Waals surface area contributed by atoms with Gasteiger partial charge in [-0.05, 0) is 30.3 Å². The largest absolute Gasteiger partial charge is 0.493 e. The summed E-state index contributed by atoms with van der Waals surface area (Å²) in [5, 5.41) is 6.60. The average molecular weight is 391 g/mol. The van der Waals surface area contributed by atoms with Crippen molar-refractivity contribution >= 4 is 28.2 Å². The van der Waals surface area contributed by atoms with Crippen LogP contribution in [0.2, 0.25) is 0 Å². The molecule has 1 heterocycles. The maximum atomic E-state index is 13.6. The van der Waals surface area contributed by atoms with E-state index in [1.54, 1.807) is 30.7 Å². The second kappa shape index (κ2) is 8.00. The zero-order valence-corrected chi connectivity index (χ0v) is 15.2. The minimum Gasteiger partial charge on any atom is -0.493 e. The van der Waals surface area contributed by atoms with Gasteiger partial charge in [0.2, 0.25) is 0 Å². The number of carbonyl (C=O) groups excluding carboxylic acids is 1. The van der Waals surface area contributed by atoms with E-state index >= 15 is 0 Å². The fourth-order valence-corrected chi connectivity index (χ4v) is 3.03. The van der Waals surface area contributed by atoms with Crippen LogP contribution in [0.3, 0.4) is 0 Å². The molecule has 1 aromatic heterocycles. The molecule has 0 saturated heterocycles. The molecule has 0 spiro atoms. The number of carbonyl (C=O) groups is 1. The van der Waals surface area contributed by atoms with Crippen molar-refractivity contribution in [2.75, 3.05) is 24.9 Å². The quantitative estimate of drug-likeness (QED) is 0.658. The number of methoxy groups -OCH3 is 2. The molecule has 2 aromatic carbocycles. The van der Waals surface area contributed by atoms with Crippen molar-refractivity contribution in [3.05, 3.63) is 53.4 Å². The summed E-state index contributed by atoms with van der Waals surface area (Å²) in [6.07, 6.45) is 0. The van der Waals surface area contributed by atoms with Crippen LogP contribution < -0.4 is 20.1 Å². The normalized spacial score (nSPS) is 10.4. The number of para-hydroxylation sites is 1. The molecule has 2 N–H and O–H groups in total. The monoisotopic (exact) mass is 391 g/mol. The molecule has 2 amide bonds.